The highest BCUT2D eigenvalue weighted by molar-refractivity contribution is 5.71. The van der Waals surface area contributed by atoms with E-state index in [1.165, 1.54) is 5.56 Å². The van der Waals surface area contributed by atoms with Crippen molar-refractivity contribution in [1.29, 1.82) is 0 Å². The molecule has 0 amide bonds. The first-order chi connectivity index (χ1) is 5.25. The van der Waals surface area contributed by atoms with E-state index in [1.807, 2.05) is 31.2 Å². The Bertz CT molecular complexity index is 282. The third-order valence-corrected chi connectivity index (χ3v) is 1.64. The summed E-state index contributed by atoms with van der Waals surface area (Å²) >= 11 is 0. The van der Waals surface area contributed by atoms with Crippen LogP contribution in [-0.4, -0.2) is 0 Å². The van der Waals surface area contributed by atoms with Gasteiger partial charge in [-0.1, -0.05) is 56.5 Å². The van der Waals surface area contributed by atoms with Crippen LogP contribution in [0.15, 0.2) is 37.4 Å². The lowest BCUT2D eigenvalue weighted by Gasteiger charge is -2.02. The van der Waals surface area contributed by atoms with E-state index in [4.69, 9.17) is 0 Å². The minimum atomic E-state index is 0. The van der Waals surface area contributed by atoms with E-state index in [-0.39, 0.29) is 7.43 Å². The molecule has 0 heteroatoms. The Morgan fingerprint density at radius 2 is 1.92 bits per heavy atom. The Morgan fingerprint density at radius 1 is 1.33 bits per heavy atom. The molecule has 0 aromatic heterocycles. The average molecular weight is 160 g/mol. The van der Waals surface area contributed by atoms with Crippen LogP contribution in [-0.2, 0) is 0 Å². The van der Waals surface area contributed by atoms with Gasteiger partial charge in [-0.25, -0.2) is 0 Å². The fourth-order valence-corrected chi connectivity index (χ4v) is 1.06. The number of allylic oxidation sites excluding steroid dienone is 1. The largest absolute Gasteiger partial charge is 0.0984 e. The quantitative estimate of drug-likeness (QED) is 0.613. The third-order valence-electron chi connectivity index (χ3n) is 1.64. The molecule has 0 spiro atoms. The molecule has 0 bridgehead atoms. The molecular formula is C12H16. The van der Waals surface area contributed by atoms with Crippen molar-refractivity contribution in [3.63, 3.8) is 0 Å². The Labute approximate surface area is 75.2 Å². The summed E-state index contributed by atoms with van der Waals surface area (Å²) in [6.45, 7) is 9.62. The standard InChI is InChI=1S/C11H12.CH4/c1-4-10-7-5-6-8-11(10)9(2)3;/h4-8H,1-2H2,3H3;1H4. The number of rotatable bonds is 2. The first-order valence-electron chi connectivity index (χ1n) is 3.63. The number of benzene rings is 1. The average Bonchev–Trinajstić information content (AvgIpc) is 2.04. The van der Waals surface area contributed by atoms with Gasteiger partial charge in [0.05, 0.1) is 0 Å². The molecule has 0 nitrogen and oxygen atoms in total. The lowest BCUT2D eigenvalue weighted by Crippen LogP contribution is -1.82. The van der Waals surface area contributed by atoms with Crippen molar-refractivity contribution in [3.8, 4) is 0 Å². The van der Waals surface area contributed by atoms with E-state index in [2.05, 4.69) is 19.2 Å². The van der Waals surface area contributed by atoms with E-state index in [1.54, 1.807) is 0 Å². The van der Waals surface area contributed by atoms with Crippen LogP contribution in [0.1, 0.15) is 25.5 Å². The van der Waals surface area contributed by atoms with Gasteiger partial charge < -0.3 is 0 Å². The summed E-state index contributed by atoms with van der Waals surface area (Å²) < 4.78 is 0. The van der Waals surface area contributed by atoms with Gasteiger partial charge in [0.2, 0.25) is 0 Å². The Kier molecular flexibility index (Phi) is 4.06. The molecule has 1 aromatic carbocycles. The summed E-state index contributed by atoms with van der Waals surface area (Å²) in [4.78, 5) is 0. The SMILES string of the molecule is C.C=Cc1ccccc1C(=C)C. The molecule has 0 fully saturated rings. The second-order valence-electron chi connectivity index (χ2n) is 2.57. The van der Waals surface area contributed by atoms with Crippen molar-refractivity contribution >= 4 is 11.6 Å². The van der Waals surface area contributed by atoms with Gasteiger partial charge in [-0.15, -0.1) is 0 Å². The predicted octanol–water partition coefficient (Wildman–Crippen LogP) is 4.00. The highest BCUT2D eigenvalue weighted by Gasteiger charge is 1.96. The topological polar surface area (TPSA) is 0 Å². The molecule has 0 aliphatic carbocycles. The second kappa shape index (κ2) is 4.55. The van der Waals surface area contributed by atoms with Crippen molar-refractivity contribution < 1.29 is 0 Å². The van der Waals surface area contributed by atoms with E-state index < -0.39 is 0 Å². The van der Waals surface area contributed by atoms with Crippen LogP contribution < -0.4 is 0 Å². The number of hydrogen-bond donors (Lipinski definition) is 0. The maximum absolute atomic E-state index is 3.89. The smallest absolute Gasteiger partial charge is 0.0161 e. The van der Waals surface area contributed by atoms with Gasteiger partial charge >= 0.3 is 0 Å². The van der Waals surface area contributed by atoms with Gasteiger partial charge in [-0.2, -0.15) is 0 Å². The fraction of sp³-hybridized carbons (Fsp3) is 0.167. The lowest BCUT2D eigenvalue weighted by molar-refractivity contribution is 1.55. The highest BCUT2D eigenvalue weighted by atomic mass is 14.0. The minimum Gasteiger partial charge on any atom is -0.0984 e. The van der Waals surface area contributed by atoms with E-state index in [0.717, 1.165) is 11.1 Å². The highest BCUT2D eigenvalue weighted by Crippen LogP contribution is 2.17. The Morgan fingerprint density at radius 3 is 2.33 bits per heavy atom. The zero-order valence-corrected chi connectivity index (χ0v) is 6.80. The number of hydrogen-bond acceptors (Lipinski definition) is 0. The van der Waals surface area contributed by atoms with Crippen LogP contribution in [0, 0.1) is 0 Å². The minimum absolute atomic E-state index is 0. The van der Waals surface area contributed by atoms with E-state index in [0.29, 0.717) is 0 Å². The van der Waals surface area contributed by atoms with Crippen molar-refractivity contribution in [2.45, 2.75) is 14.4 Å². The molecule has 0 atom stereocenters. The normalized spacial score (nSPS) is 8.42. The van der Waals surface area contributed by atoms with Gasteiger partial charge in [-0.05, 0) is 18.1 Å². The van der Waals surface area contributed by atoms with Crippen LogP contribution >= 0.6 is 0 Å². The Balaban J connectivity index is 0.00000121. The molecule has 12 heavy (non-hydrogen) atoms. The maximum Gasteiger partial charge on any atom is -0.0161 e. The molecule has 0 aliphatic heterocycles. The van der Waals surface area contributed by atoms with Gasteiger partial charge in [0, 0.05) is 0 Å². The van der Waals surface area contributed by atoms with E-state index in [9.17, 15) is 0 Å². The molecule has 0 radical (unpaired) electrons. The van der Waals surface area contributed by atoms with Crippen LogP contribution in [0.25, 0.3) is 11.6 Å². The van der Waals surface area contributed by atoms with Crippen LogP contribution in [0.2, 0.25) is 0 Å². The maximum atomic E-state index is 3.89. The first-order valence-corrected chi connectivity index (χ1v) is 3.63. The van der Waals surface area contributed by atoms with Crippen molar-refractivity contribution in [3.05, 3.63) is 48.6 Å². The van der Waals surface area contributed by atoms with Gasteiger partial charge in [0.1, 0.15) is 0 Å². The third kappa shape index (κ3) is 2.09. The Hall–Kier alpha value is -1.30. The van der Waals surface area contributed by atoms with Crippen LogP contribution in [0.3, 0.4) is 0 Å². The van der Waals surface area contributed by atoms with Gasteiger partial charge in [-0.3, -0.25) is 0 Å². The zero-order chi connectivity index (χ0) is 8.27. The fourth-order valence-electron chi connectivity index (χ4n) is 1.06. The second-order valence-corrected chi connectivity index (χ2v) is 2.57. The van der Waals surface area contributed by atoms with E-state index >= 15 is 0 Å². The summed E-state index contributed by atoms with van der Waals surface area (Å²) in [5.74, 6) is 0. The molecule has 0 saturated heterocycles. The molecule has 0 N–H and O–H groups in total. The monoisotopic (exact) mass is 160 g/mol. The molecule has 64 valence electrons. The van der Waals surface area contributed by atoms with Gasteiger partial charge in [0.15, 0.2) is 0 Å². The predicted molar refractivity (Wildman–Crippen MR) is 58.0 cm³/mol. The summed E-state index contributed by atoms with van der Waals surface area (Å²) in [5, 5.41) is 0. The first kappa shape index (κ1) is 10.7. The molecule has 0 saturated carbocycles. The summed E-state index contributed by atoms with van der Waals surface area (Å²) in [6.07, 6.45) is 1.85. The molecular weight excluding hydrogens is 144 g/mol. The molecule has 1 rings (SSSR count). The zero-order valence-electron chi connectivity index (χ0n) is 6.80. The summed E-state index contributed by atoms with van der Waals surface area (Å²) in [6, 6.07) is 8.11. The summed E-state index contributed by atoms with van der Waals surface area (Å²) in [5.41, 5.74) is 3.42. The van der Waals surface area contributed by atoms with Crippen LogP contribution in [0.5, 0.6) is 0 Å². The molecule has 1 aromatic rings. The lowest BCUT2D eigenvalue weighted by atomic mass is 10.0. The molecule has 0 unspecified atom stereocenters. The van der Waals surface area contributed by atoms with Crippen LogP contribution in [0.4, 0.5) is 0 Å². The van der Waals surface area contributed by atoms with Crippen molar-refractivity contribution in [1.82, 2.24) is 0 Å². The molecule has 0 aliphatic rings. The van der Waals surface area contributed by atoms with Gasteiger partial charge in [0.25, 0.3) is 0 Å². The molecule has 0 heterocycles. The summed E-state index contributed by atoms with van der Waals surface area (Å²) in [7, 11) is 0. The van der Waals surface area contributed by atoms with Crippen molar-refractivity contribution in [2.24, 2.45) is 0 Å². The van der Waals surface area contributed by atoms with Crippen molar-refractivity contribution in [2.75, 3.05) is 0 Å².